The van der Waals surface area contributed by atoms with Crippen molar-refractivity contribution in [2.75, 3.05) is 7.11 Å². The molecule has 1 aromatic heterocycles. The van der Waals surface area contributed by atoms with E-state index >= 15 is 0 Å². The first-order chi connectivity index (χ1) is 8.15. The fourth-order valence-electron chi connectivity index (χ4n) is 1.88. The number of ketones is 1. The fourth-order valence-corrected chi connectivity index (χ4v) is 2.97. The first-order valence-corrected chi connectivity index (χ1v) is 6.20. The third kappa shape index (κ3) is 2.11. The average Bonchev–Trinajstić information content (AvgIpc) is 2.64. The monoisotopic (exact) mass is 246 g/mol. The van der Waals surface area contributed by atoms with Crippen molar-refractivity contribution in [3.8, 4) is 5.75 Å². The molecule has 0 atom stereocenters. The van der Waals surface area contributed by atoms with Crippen LogP contribution in [0.5, 0.6) is 5.75 Å². The predicted molar refractivity (Wildman–Crippen MR) is 70.2 cm³/mol. The van der Waals surface area contributed by atoms with Crippen LogP contribution in [0.4, 0.5) is 0 Å². The van der Waals surface area contributed by atoms with Crippen LogP contribution in [-0.2, 0) is 0 Å². The second-order valence-corrected chi connectivity index (χ2v) is 5.07. The van der Waals surface area contributed by atoms with Gasteiger partial charge in [-0.05, 0) is 13.8 Å². The normalized spacial score (nSPS) is 10.3. The third-order valence-corrected chi connectivity index (χ3v) is 3.89. The number of ether oxygens (including phenoxy) is 1. The number of aryl methyl sites for hydroxylation is 1. The molecule has 0 amide bonds. The first-order valence-electron chi connectivity index (χ1n) is 5.39. The van der Waals surface area contributed by atoms with Crippen molar-refractivity contribution in [1.29, 1.82) is 0 Å². The number of rotatable bonds is 3. The molecule has 0 aliphatic heterocycles. The summed E-state index contributed by atoms with van der Waals surface area (Å²) in [5, 5.41) is 0. The zero-order chi connectivity index (χ0) is 12.4. The van der Waals surface area contributed by atoms with E-state index in [9.17, 15) is 4.79 Å². The Bertz CT molecular complexity index is 541. The predicted octanol–water partition coefficient (Wildman–Crippen LogP) is 3.60. The summed E-state index contributed by atoms with van der Waals surface area (Å²) >= 11 is 1.49. The Kier molecular flexibility index (Phi) is 3.29. The van der Waals surface area contributed by atoms with Crippen molar-refractivity contribution in [3.63, 3.8) is 0 Å². The molecule has 88 valence electrons. The van der Waals surface area contributed by atoms with Crippen molar-refractivity contribution in [3.05, 3.63) is 51.2 Å². The summed E-state index contributed by atoms with van der Waals surface area (Å²) in [5.74, 6) is 0.897. The fraction of sp³-hybridized carbons (Fsp3) is 0.214. The van der Waals surface area contributed by atoms with Gasteiger partial charge in [0.25, 0.3) is 0 Å². The van der Waals surface area contributed by atoms with E-state index in [1.54, 1.807) is 7.11 Å². The third-order valence-electron chi connectivity index (χ3n) is 2.70. The van der Waals surface area contributed by atoms with Gasteiger partial charge in [0.2, 0.25) is 5.78 Å². The van der Waals surface area contributed by atoms with Crippen molar-refractivity contribution < 1.29 is 9.53 Å². The lowest BCUT2D eigenvalue weighted by molar-refractivity contribution is 0.104. The van der Waals surface area contributed by atoms with E-state index in [1.807, 2.05) is 44.2 Å². The van der Waals surface area contributed by atoms with Gasteiger partial charge in [0.05, 0.1) is 12.0 Å². The Morgan fingerprint density at radius 2 is 1.82 bits per heavy atom. The molecule has 0 N–H and O–H groups in total. The highest BCUT2D eigenvalue weighted by Gasteiger charge is 2.19. The van der Waals surface area contributed by atoms with Crippen LogP contribution in [0.1, 0.15) is 25.7 Å². The molecule has 0 radical (unpaired) electrons. The van der Waals surface area contributed by atoms with Crippen LogP contribution >= 0.6 is 11.3 Å². The second-order valence-electron chi connectivity index (χ2n) is 3.84. The van der Waals surface area contributed by atoms with Crippen molar-refractivity contribution in [2.45, 2.75) is 13.8 Å². The highest BCUT2D eigenvalue weighted by Crippen LogP contribution is 2.35. The summed E-state index contributed by atoms with van der Waals surface area (Å²) < 4.78 is 5.30. The summed E-state index contributed by atoms with van der Waals surface area (Å²) in [6.45, 7) is 3.90. The minimum absolute atomic E-state index is 0.0690. The molecule has 2 rings (SSSR count). The summed E-state index contributed by atoms with van der Waals surface area (Å²) in [5.41, 5.74) is 1.66. The number of thiophene rings is 1. The summed E-state index contributed by atoms with van der Waals surface area (Å²) in [4.78, 5) is 14.1. The van der Waals surface area contributed by atoms with Crippen LogP contribution in [0.25, 0.3) is 0 Å². The molecule has 1 heterocycles. The van der Waals surface area contributed by atoms with Gasteiger partial charge in [-0.15, -0.1) is 11.3 Å². The van der Waals surface area contributed by atoms with Gasteiger partial charge >= 0.3 is 0 Å². The van der Waals surface area contributed by atoms with Crippen LogP contribution in [0.3, 0.4) is 0 Å². The van der Waals surface area contributed by atoms with Crippen molar-refractivity contribution >= 4 is 17.1 Å². The molecule has 0 spiro atoms. The summed E-state index contributed by atoms with van der Waals surface area (Å²) in [6, 6.07) is 9.33. The largest absolute Gasteiger partial charge is 0.495 e. The van der Waals surface area contributed by atoms with Gasteiger partial charge in [0.1, 0.15) is 5.75 Å². The Morgan fingerprint density at radius 1 is 1.18 bits per heavy atom. The molecule has 1 aromatic carbocycles. The van der Waals surface area contributed by atoms with E-state index in [0.717, 1.165) is 26.6 Å². The van der Waals surface area contributed by atoms with Gasteiger partial charge in [-0.3, -0.25) is 4.79 Å². The van der Waals surface area contributed by atoms with Gasteiger partial charge in [-0.25, -0.2) is 0 Å². The molecular formula is C14H14O2S. The molecule has 2 aromatic rings. The molecule has 0 unspecified atom stereocenters. The van der Waals surface area contributed by atoms with Crippen LogP contribution in [0.2, 0.25) is 0 Å². The van der Waals surface area contributed by atoms with Crippen LogP contribution < -0.4 is 4.74 Å². The SMILES string of the molecule is COc1c(C)sc(C(=O)c2ccccc2)c1C. The molecule has 0 saturated heterocycles. The standard InChI is InChI=1S/C14H14O2S/c1-9-13(16-3)10(2)17-14(9)12(15)11-7-5-4-6-8-11/h4-8H,1-3H3. The first kappa shape index (κ1) is 11.9. The topological polar surface area (TPSA) is 26.3 Å². The molecule has 0 aliphatic rings. The lowest BCUT2D eigenvalue weighted by Crippen LogP contribution is -2.00. The van der Waals surface area contributed by atoms with E-state index in [4.69, 9.17) is 4.74 Å². The zero-order valence-corrected chi connectivity index (χ0v) is 10.9. The molecule has 0 bridgehead atoms. The van der Waals surface area contributed by atoms with Gasteiger partial charge in [-0.1, -0.05) is 30.3 Å². The molecule has 0 saturated carbocycles. The minimum Gasteiger partial charge on any atom is -0.495 e. The van der Waals surface area contributed by atoms with E-state index in [-0.39, 0.29) is 5.78 Å². The zero-order valence-electron chi connectivity index (χ0n) is 10.1. The van der Waals surface area contributed by atoms with Gasteiger partial charge in [-0.2, -0.15) is 0 Å². The minimum atomic E-state index is 0.0690. The number of carbonyl (C=O) groups excluding carboxylic acids is 1. The van der Waals surface area contributed by atoms with Crippen LogP contribution in [0, 0.1) is 13.8 Å². The maximum atomic E-state index is 12.3. The maximum absolute atomic E-state index is 12.3. The molecule has 0 fully saturated rings. The van der Waals surface area contributed by atoms with Gasteiger partial charge in [0, 0.05) is 16.0 Å². The number of benzene rings is 1. The lowest BCUT2D eigenvalue weighted by Gasteiger charge is -2.01. The van der Waals surface area contributed by atoms with Crippen molar-refractivity contribution in [1.82, 2.24) is 0 Å². The lowest BCUT2D eigenvalue weighted by atomic mass is 10.1. The maximum Gasteiger partial charge on any atom is 0.203 e. The Labute approximate surface area is 105 Å². The Balaban J connectivity index is 2.45. The van der Waals surface area contributed by atoms with Gasteiger partial charge < -0.3 is 4.74 Å². The number of methoxy groups -OCH3 is 1. The van der Waals surface area contributed by atoms with Crippen molar-refractivity contribution in [2.24, 2.45) is 0 Å². The average molecular weight is 246 g/mol. The highest BCUT2D eigenvalue weighted by molar-refractivity contribution is 7.14. The van der Waals surface area contributed by atoms with Crippen LogP contribution in [0.15, 0.2) is 30.3 Å². The molecular weight excluding hydrogens is 232 g/mol. The highest BCUT2D eigenvalue weighted by atomic mass is 32.1. The summed E-state index contributed by atoms with van der Waals surface area (Å²) in [6.07, 6.45) is 0. The van der Waals surface area contributed by atoms with E-state index in [0.29, 0.717) is 0 Å². The molecule has 17 heavy (non-hydrogen) atoms. The van der Waals surface area contributed by atoms with Crippen LogP contribution in [-0.4, -0.2) is 12.9 Å². The van der Waals surface area contributed by atoms with E-state index in [1.165, 1.54) is 11.3 Å². The number of hydrogen-bond donors (Lipinski definition) is 0. The molecule has 3 heteroatoms. The quantitative estimate of drug-likeness (QED) is 0.773. The number of hydrogen-bond acceptors (Lipinski definition) is 3. The van der Waals surface area contributed by atoms with Gasteiger partial charge in [0.15, 0.2) is 0 Å². The smallest absolute Gasteiger partial charge is 0.203 e. The van der Waals surface area contributed by atoms with E-state index < -0.39 is 0 Å². The van der Waals surface area contributed by atoms with E-state index in [2.05, 4.69) is 0 Å². The number of carbonyl (C=O) groups is 1. The Hall–Kier alpha value is -1.61. The summed E-state index contributed by atoms with van der Waals surface area (Å²) in [7, 11) is 1.64. The Morgan fingerprint density at radius 3 is 2.35 bits per heavy atom. The molecule has 0 aliphatic carbocycles. The second kappa shape index (κ2) is 4.72. The molecule has 2 nitrogen and oxygen atoms in total.